The topological polar surface area (TPSA) is 67.3 Å². The average molecular weight is 224 g/mol. The summed E-state index contributed by atoms with van der Waals surface area (Å²) in [6, 6.07) is 2.48. The van der Waals surface area contributed by atoms with E-state index in [2.05, 4.69) is 16.9 Å². The minimum atomic E-state index is 0.0250. The van der Waals surface area contributed by atoms with Crippen LogP contribution in [0.1, 0.15) is 24.7 Å². The van der Waals surface area contributed by atoms with Gasteiger partial charge in [0.2, 0.25) is 0 Å². The van der Waals surface area contributed by atoms with Crippen LogP contribution in [0.25, 0.3) is 0 Å². The highest BCUT2D eigenvalue weighted by atomic mass is 16.3. The fourth-order valence-electron chi connectivity index (χ4n) is 2.20. The van der Waals surface area contributed by atoms with Crippen LogP contribution in [0.3, 0.4) is 0 Å². The predicted molar refractivity (Wildman–Crippen MR) is 61.7 cm³/mol. The van der Waals surface area contributed by atoms with E-state index in [1.165, 1.54) is 5.69 Å². The molecule has 1 aliphatic rings. The fourth-order valence-corrected chi connectivity index (χ4v) is 2.20. The van der Waals surface area contributed by atoms with Crippen LogP contribution in [0.4, 0.5) is 0 Å². The van der Waals surface area contributed by atoms with E-state index in [-0.39, 0.29) is 6.61 Å². The number of fused-ring (bicyclic) bond motifs is 1. The van der Waals surface area contributed by atoms with E-state index in [0.29, 0.717) is 6.04 Å². The lowest BCUT2D eigenvalue weighted by atomic mass is 10.2. The molecular formula is C11H20N4O. The number of aliphatic hydroxyl groups excluding tert-OH is 1. The van der Waals surface area contributed by atoms with Gasteiger partial charge < -0.3 is 10.8 Å². The Morgan fingerprint density at radius 1 is 1.62 bits per heavy atom. The lowest BCUT2D eigenvalue weighted by Gasteiger charge is -2.33. The van der Waals surface area contributed by atoms with Gasteiger partial charge >= 0.3 is 0 Å². The van der Waals surface area contributed by atoms with Gasteiger partial charge in [-0.15, -0.1) is 0 Å². The molecule has 0 aliphatic carbocycles. The highest BCUT2D eigenvalue weighted by molar-refractivity contribution is 5.11. The Kier molecular flexibility index (Phi) is 3.58. The van der Waals surface area contributed by atoms with Gasteiger partial charge in [0.05, 0.1) is 24.5 Å². The van der Waals surface area contributed by atoms with Gasteiger partial charge in [0, 0.05) is 19.1 Å². The maximum absolute atomic E-state index is 9.05. The molecule has 0 spiro atoms. The fraction of sp³-hybridized carbons (Fsp3) is 0.727. The molecule has 0 radical (unpaired) electrons. The van der Waals surface area contributed by atoms with Crippen molar-refractivity contribution in [3.63, 3.8) is 0 Å². The van der Waals surface area contributed by atoms with Crippen molar-refractivity contribution in [1.29, 1.82) is 0 Å². The second-order valence-corrected chi connectivity index (χ2v) is 4.43. The quantitative estimate of drug-likeness (QED) is 0.751. The maximum Gasteiger partial charge on any atom is 0.0882 e. The van der Waals surface area contributed by atoms with Gasteiger partial charge in [-0.05, 0) is 26.0 Å². The van der Waals surface area contributed by atoms with Gasteiger partial charge in [0.15, 0.2) is 0 Å². The number of aliphatic hydroxyl groups is 1. The van der Waals surface area contributed by atoms with Crippen LogP contribution in [-0.4, -0.2) is 38.9 Å². The first-order chi connectivity index (χ1) is 7.74. The van der Waals surface area contributed by atoms with Crippen molar-refractivity contribution >= 4 is 0 Å². The van der Waals surface area contributed by atoms with E-state index in [9.17, 15) is 0 Å². The van der Waals surface area contributed by atoms with Gasteiger partial charge in [-0.2, -0.15) is 5.10 Å². The average Bonchev–Trinajstić information content (AvgIpc) is 2.67. The molecular weight excluding hydrogens is 204 g/mol. The van der Waals surface area contributed by atoms with Gasteiger partial charge in [-0.25, -0.2) is 0 Å². The number of hydrogen-bond acceptors (Lipinski definition) is 4. The molecule has 0 saturated heterocycles. The molecule has 2 heterocycles. The minimum absolute atomic E-state index is 0.0250. The zero-order valence-electron chi connectivity index (χ0n) is 9.76. The van der Waals surface area contributed by atoms with Crippen molar-refractivity contribution in [2.45, 2.75) is 39.1 Å². The highest BCUT2D eigenvalue weighted by Crippen LogP contribution is 2.18. The van der Waals surface area contributed by atoms with Crippen molar-refractivity contribution < 1.29 is 5.11 Å². The Labute approximate surface area is 95.8 Å². The summed E-state index contributed by atoms with van der Waals surface area (Å²) >= 11 is 0. The monoisotopic (exact) mass is 224 g/mol. The summed E-state index contributed by atoms with van der Waals surface area (Å²) in [5, 5.41) is 13.4. The molecule has 0 amide bonds. The van der Waals surface area contributed by atoms with E-state index >= 15 is 0 Å². The van der Waals surface area contributed by atoms with Crippen LogP contribution in [0.5, 0.6) is 0 Å². The van der Waals surface area contributed by atoms with Gasteiger partial charge in [-0.1, -0.05) is 0 Å². The smallest absolute Gasteiger partial charge is 0.0882 e. The molecule has 0 saturated carbocycles. The lowest BCUT2D eigenvalue weighted by molar-refractivity contribution is 0.144. The van der Waals surface area contributed by atoms with E-state index < -0.39 is 0 Å². The standard InChI is InChI=1S/C11H20N4O/c1-9-6-15-11(5-10(8-16)13-15)7-14(9)4-2-3-12/h5,9,16H,2-4,6-8,12H2,1H3/t9-/m0/s1. The Bertz CT molecular complexity index is 350. The molecule has 1 atom stereocenters. The molecule has 5 heteroatoms. The summed E-state index contributed by atoms with van der Waals surface area (Å²) in [6.07, 6.45) is 1.03. The summed E-state index contributed by atoms with van der Waals surface area (Å²) in [5.41, 5.74) is 7.49. The highest BCUT2D eigenvalue weighted by Gasteiger charge is 2.23. The van der Waals surface area contributed by atoms with Crippen LogP contribution in [0.2, 0.25) is 0 Å². The molecule has 2 rings (SSSR count). The van der Waals surface area contributed by atoms with E-state index in [1.54, 1.807) is 0 Å². The third-order valence-electron chi connectivity index (χ3n) is 3.15. The largest absolute Gasteiger partial charge is 0.390 e. The number of hydrogen-bond donors (Lipinski definition) is 2. The molecule has 0 aromatic carbocycles. The molecule has 5 nitrogen and oxygen atoms in total. The number of nitrogens with zero attached hydrogens (tertiary/aromatic N) is 3. The first kappa shape index (κ1) is 11.6. The molecule has 1 aromatic rings. The maximum atomic E-state index is 9.05. The number of nitrogens with two attached hydrogens (primary N) is 1. The second kappa shape index (κ2) is 4.95. The molecule has 0 unspecified atom stereocenters. The summed E-state index contributed by atoms with van der Waals surface area (Å²) < 4.78 is 2.01. The van der Waals surface area contributed by atoms with Crippen molar-refractivity contribution in [3.8, 4) is 0 Å². The summed E-state index contributed by atoms with van der Waals surface area (Å²) in [5.74, 6) is 0. The molecule has 16 heavy (non-hydrogen) atoms. The Hall–Kier alpha value is -0.910. The molecule has 1 aliphatic heterocycles. The number of aromatic nitrogens is 2. The van der Waals surface area contributed by atoms with Crippen LogP contribution in [0, 0.1) is 0 Å². The van der Waals surface area contributed by atoms with Crippen LogP contribution >= 0.6 is 0 Å². The van der Waals surface area contributed by atoms with Crippen LogP contribution in [0.15, 0.2) is 6.07 Å². The van der Waals surface area contributed by atoms with Crippen molar-refractivity contribution in [2.24, 2.45) is 5.73 Å². The summed E-state index contributed by atoms with van der Waals surface area (Å²) in [6.45, 7) is 5.83. The van der Waals surface area contributed by atoms with Crippen molar-refractivity contribution in [3.05, 3.63) is 17.5 Å². The normalized spacial score (nSPS) is 21.1. The van der Waals surface area contributed by atoms with E-state index in [4.69, 9.17) is 10.8 Å². The van der Waals surface area contributed by atoms with Gasteiger partial charge in [-0.3, -0.25) is 9.58 Å². The Morgan fingerprint density at radius 3 is 3.12 bits per heavy atom. The second-order valence-electron chi connectivity index (χ2n) is 4.43. The molecule has 1 aromatic heterocycles. The molecule has 90 valence electrons. The first-order valence-corrected chi connectivity index (χ1v) is 5.85. The summed E-state index contributed by atoms with van der Waals surface area (Å²) in [7, 11) is 0. The van der Waals surface area contributed by atoms with E-state index in [0.717, 1.165) is 38.3 Å². The molecule has 0 bridgehead atoms. The minimum Gasteiger partial charge on any atom is -0.390 e. The first-order valence-electron chi connectivity index (χ1n) is 5.85. The van der Waals surface area contributed by atoms with Crippen molar-refractivity contribution in [2.75, 3.05) is 13.1 Å². The lowest BCUT2D eigenvalue weighted by Crippen LogP contribution is -2.42. The Morgan fingerprint density at radius 2 is 2.44 bits per heavy atom. The zero-order chi connectivity index (χ0) is 11.5. The third kappa shape index (κ3) is 2.26. The predicted octanol–water partition coefficient (Wildman–Crippen LogP) is -0.0717. The summed E-state index contributed by atoms with van der Waals surface area (Å²) in [4.78, 5) is 2.42. The van der Waals surface area contributed by atoms with Crippen LogP contribution < -0.4 is 5.73 Å². The van der Waals surface area contributed by atoms with Gasteiger partial charge in [0.25, 0.3) is 0 Å². The van der Waals surface area contributed by atoms with Crippen molar-refractivity contribution in [1.82, 2.24) is 14.7 Å². The van der Waals surface area contributed by atoms with Crippen LogP contribution in [-0.2, 0) is 19.7 Å². The molecule has 0 fully saturated rings. The SMILES string of the molecule is C[C@H]1Cn2nc(CO)cc2CN1CCCN. The third-order valence-corrected chi connectivity index (χ3v) is 3.15. The van der Waals surface area contributed by atoms with Gasteiger partial charge in [0.1, 0.15) is 0 Å². The van der Waals surface area contributed by atoms with E-state index in [1.807, 2.05) is 10.7 Å². The molecule has 3 N–H and O–H groups in total. The number of rotatable bonds is 4. The zero-order valence-corrected chi connectivity index (χ0v) is 9.76. The Balaban J connectivity index is 2.08.